The van der Waals surface area contributed by atoms with Gasteiger partial charge in [-0.2, -0.15) is 0 Å². The van der Waals surface area contributed by atoms with E-state index in [2.05, 4.69) is 4.98 Å². The number of esters is 1. The Kier molecular flexibility index (Phi) is 5.85. The second-order valence-corrected chi connectivity index (χ2v) is 6.70. The van der Waals surface area contributed by atoms with Gasteiger partial charge >= 0.3 is 5.97 Å². The van der Waals surface area contributed by atoms with Crippen molar-refractivity contribution in [2.75, 3.05) is 6.61 Å². The molecule has 1 heterocycles. The van der Waals surface area contributed by atoms with Gasteiger partial charge in [-0.15, -0.1) is 0 Å². The summed E-state index contributed by atoms with van der Waals surface area (Å²) in [7, 11) is 0. The molecule has 0 unspecified atom stereocenters. The number of nitrogens with zero attached hydrogens (tertiary/aromatic N) is 2. The normalized spacial score (nSPS) is 10.7. The lowest BCUT2D eigenvalue weighted by molar-refractivity contribution is 0.0489. The summed E-state index contributed by atoms with van der Waals surface area (Å²) < 4.78 is 12.5. The van der Waals surface area contributed by atoms with Crippen LogP contribution in [0, 0.1) is 0 Å². The average molecular weight is 400 g/mol. The van der Waals surface area contributed by atoms with E-state index in [9.17, 15) is 9.59 Å². The molecular weight excluding hydrogens is 380 g/mol. The summed E-state index contributed by atoms with van der Waals surface area (Å²) in [4.78, 5) is 29.1. The van der Waals surface area contributed by atoms with Crippen molar-refractivity contribution in [1.29, 1.82) is 0 Å². The number of benzene rings is 3. The lowest BCUT2D eigenvalue weighted by Crippen LogP contribution is -2.23. The highest BCUT2D eigenvalue weighted by molar-refractivity contribution is 5.89. The van der Waals surface area contributed by atoms with E-state index in [4.69, 9.17) is 9.47 Å². The number of ether oxygens (including phenoxy) is 2. The Hall–Kier alpha value is -3.93. The van der Waals surface area contributed by atoms with Gasteiger partial charge in [0.25, 0.3) is 5.56 Å². The van der Waals surface area contributed by atoms with Crippen molar-refractivity contribution in [3.05, 3.63) is 107 Å². The average Bonchev–Trinajstić information content (AvgIpc) is 2.80. The maximum absolute atomic E-state index is 12.5. The Morgan fingerprint density at radius 1 is 0.933 bits per heavy atom. The predicted molar refractivity (Wildman–Crippen MR) is 114 cm³/mol. The third-order valence-corrected chi connectivity index (χ3v) is 4.61. The molecule has 0 radical (unpaired) electrons. The third kappa shape index (κ3) is 4.55. The number of carbonyl (C=O) groups excluding carboxylic acids is 1. The van der Waals surface area contributed by atoms with Crippen molar-refractivity contribution in [3.63, 3.8) is 0 Å². The molecular formula is C24H20N2O4. The van der Waals surface area contributed by atoms with Crippen LogP contribution >= 0.6 is 0 Å². The third-order valence-electron chi connectivity index (χ3n) is 4.61. The first kappa shape index (κ1) is 19.4. The minimum Gasteiger partial charge on any atom is -0.489 e. The molecule has 0 N–H and O–H groups in total. The topological polar surface area (TPSA) is 70.4 Å². The van der Waals surface area contributed by atoms with Crippen LogP contribution in [0.25, 0.3) is 10.9 Å². The standard InChI is InChI=1S/C24H20N2O4/c27-23-21-11-4-5-12-22(21)25-17-26(23)13-14-29-24(28)19-9-6-10-20(15-19)30-16-18-7-2-1-3-8-18/h1-12,15,17H,13-14,16H2. The minimum absolute atomic E-state index is 0.0634. The first-order valence-electron chi connectivity index (χ1n) is 9.59. The number of hydrogen-bond acceptors (Lipinski definition) is 5. The molecule has 0 aliphatic carbocycles. The van der Waals surface area contributed by atoms with Gasteiger partial charge in [0.15, 0.2) is 0 Å². The fraction of sp³-hybridized carbons (Fsp3) is 0.125. The number of fused-ring (bicyclic) bond motifs is 1. The van der Waals surface area contributed by atoms with Crippen LogP contribution in [-0.2, 0) is 17.9 Å². The second-order valence-electron chi connectivity index (χ2n) is 6.70. The van der Waals surface area contributed by atoms with Crippen LogP contribution in [0.3, 0.4) is 0 Å². The number of hydrogen-bond donors (Lipinski definition) is 0. The van der Waals surface area contributed by atoms with Crippen LogP contribution in [0.1, 0.15) is 15.9 Å². The fourth-order valence-electron chi connectivity index (χ4n) is 3.04. The number of aromatic nitrogens is 2. The van der Waals surface area contributed by atoms with E-state index in [1.54, 1.807) is 42.5 Å². The van der Waals surface area contributed by atoms with Gasteiger partial charge in [-0.3, -0.25) is 9.36 Å². The quantitative estimate of drug-likeness (QED) is 0.441. The van der Waals surface area contributed by atoms with Crippen LogP contribution in [0.2, 0.25) is 0 Å². The van der Waals surface area contributed by atoms with Crippen LogP contribution < -0.4 is 10.3 Å². The van der Waals surface area contributed by atoms with Gasteiger partial charge in [-0.25, -0.2) is 9.78 Å². The van der Waals surface area contributed by atoms with Crippen LogP contribution in [0.4, 0.5) is 0 Å². The monoisotopic (exact) mass is 400 g/mol. The van der Waals surface area contributed by atoms with Crippen molar-refractivity contribution in [1.82, 2.24) is 9.55 Å². The molecule has 0 atom stereocenters. The molecule has 0 fully saturated rings. The van der Waals surface area contributed by atoms with Crippen LogP contribution in [0.5, 0.6) is 5.75 Å². The molecule has 0 saturated heterocycles. The smallest absolute Gasteiger partial charge is 0.338 e. The molecule has 0 aliphatic rings. The number of carbonyl (C=O) groups is 1. The van der Waals surface area contributed by atoms with E-state index in [0.717, 1.165) is 5.56 Å². The number of rotatable bonds is 7. The molecule has 6 heteroatoms. The van der Waals surface area contributed by atoms with Crippen molar-refractivity contribution in [2.24, 2.45) is 0 Å². The van der Waals surface area contributed by atoms with E-state index in [1.807, 2.05) is 36.4 Å². The highest BCUT2D eigenvalue weighted by Gasteiger charge is 2.10. The van der Waals surface area contributed by atoms with Crippen LogP contribution in [0.15, 0.2) is 90.0 Å². The van der Waals surface area contributed by atoms with Gasteiger partial charge in [-0.05, 0) is 35.9 Å². The molecule has 0 aliphatic heterocycles. The zero-order valence-electron chi connectivity index (χ0n) is 16.2. The Bertz CT molecular complexity index is 1220. The predicted octanol–water partition coefficient (Wildman–Crippen LogP) is 3.83. The molecule has 0 amide bonds. The van der Waals surface area contributed by atoms with Gasteiger partial charge in [0.05, 0.1) is 29.3 Å². The first-order valence-corrected chi connectivity index (χ1v) is 9.59. The molecule has 1 aromatic heterocycles. The Labute approximate surface area is 173 Å². The first-order chi connectivity index (χ1) is 14.7. The van der Waals surface area contributed by atoms with Crippen molar-refractivity contribution < 1.29 is 14.3 Å². The molecule has 0 bridgehead atoms. The van der Waals surface area contributed by atoms with Gasteiger partial charge in [0.1, 0.15) is 19.0 Å². The van der Waals surface area contributed by atoms with E-state index in [0.29, 0.717) is 28.8 Å². The zero-order valence-corrected chi connectivity index (χ0v) is 16.2. The maximum atomic E-state index is 12.5. The van der Waals surface area contributed by atoms with Gasteiger partial charge in [-0.1, -0.05) is 48.5 Å². The lowest BCUT2D eigenvalue weighted by Gasteiger charge is -2.10. The molecule has 4 aromatic rings. The largest absolute Gasteiger partial charge is 0.489 e. The van der Waals surface area contributed by atoms with Crippen molar-refractivity contribution >= 4 is 16.9 Å². The fourth-order valence-corrected chi connectivity index (χ4v) is 3.04. The molecule has 0 saturated carbocycles. The van der Waals surface area contributed by atoms with Gasteiger partial charge in [0, 0.05) is 0 Å². The highest BCUT2D eigenvalue weighted by atomic mass is 16.5. The molecule has 6 nitrogen and oxygen atoms in total. The highest BCUT2D eigenvalue weighted by Crippen LogP contribution is 2.16. The maximum Gasteiger partial charge on any atom is 0.338 e. The lowest BCUT2D eigenvalue weighted by atomic mass is 10.2. The van der Waals surface area contributed by atoms with Crippen LogP contribution in [-0.4, -0.2) is 22.1 Å². The molecule has 0 spiro atoms. The van der Waals surface area contributed by atoms with Gasteiger partial charge in [0.2, 0.25) is 0 Å². The minimum atomic E-state index is -0.470. The van der Waals surface area contributed by atoms with E-state index < -0.39 is 5.97 Å². The summed E-state index contributed by atoms with van der Waals surface area (Å²) in [6.07, 6.45) is 1.47. The van der Waals surface area contributed by atoms with E-state index in [-0.39, 0.29) is 18.7 Å². The summed E-state index contributed by atoms with van der Waals surface area (Å²) in [6.45, 7) is 0.706. The van der Waals surface area contributed by atoms with Gasteiger partial charge < -0.3 is 9.47 Å². The summed E-state index contributed by atoms with van der Waals surface area (Å²) in [5.74, 6) is 0.116. The summed E-state index contributed by atoms with van der Waals surface area (Å²) >= 11 is 0. The van der Waals surface area contributed by atoms with Crippen molar-refractivity contribution in [3.8, 4) is 5.75 Å². The Morgan fingerprint density at radius 3 is 2.60 bits per heavy atom. The molecule has 150 valence electrons. The van der Waals surface area contributed by atoms with Crippen molar-refractivity contribution in [2.45, 2.75) is 13.2 Å². The summed E-state index contributed by atoms with van der Waals surface area (Å²) in [5, 5.41) is 0.537. The zero-order chi connectivity index (χ0) is 20.8. The summed E-state index contributed by atoms with van der Waals surface area (Å²) in [5.41, 5.74) is 1.92. The molecule has 3 aromatic carbocycles. The Morgan fingerprint density at radius 2 is 1.73 bits per heavy atom. The Balaban J connectivity index is 1.35. The molecule has 4 rings (SSSR count). The van der Waals surface area contributed by atoms with E-state index in [1.165, 1.54) is 10.9 Å². The SMILES string of the molecule is O=C(OCCn1cnc2ccccc2c1=O)c1cccc(OCc2ccccc2)c1. The molecule has 30 heavy (non-hydrogen) atoms. The number of para-hydroxylation sites is 1. The second kappa shape index (κ2) is 9.05. The van der Waals surface area contributed by atoms with E-state index >= 15 is 0 Å². The summed E-state index contributed by atoms with van der Waals surface area (Å²) in [6, 6.07) is 23.8.